The fraction of sp³-hybridized carbons (Fsp3) is 0.667. The van der Waals surface area contributed by atoms with Crippen molar-refractivity contribution in [2.24, 2.45) is 5.41 Å². The lowest BCUT2D eigenvalue weighted by Crippen LogP contribution is -2.08. The molecule has 0 fully saturated rings. The van der Waals surface area contributed by atoms with Crippen molar-refractivity contribution in [1.82, 2.24) is 0 Å². The molecule has 0 saturated heterocycles. The zero-order valence-corrected chi connectivity index (χ0v) is 12.1. The maximum atomic E-state index is 3.79. The van der Waals surface area contributed by atoms with Crippen molar-refractivity contribution >= 4 is 27.3 Å². The summed E-state index contributed by atoms with van der Waals surface area (Å²) in [6.07, 6.45) is 1.18. The first kappa shape index (κ1) is 12.3. The second-order valence-electron chi connectivity index (χ2n) is 5.10. The van der Waals surface area contributed by atoms with Crippen LogP contribution in [0.15, 0.2) is 6.07 Å². The van der Waals surface area contributed by atoms with Crippen LogP contribution in [0.25, 0.3) is 0 Å². The van der Waals surface area contributed by atoms with Gasteiger partial charge >= 0.3 is 0 Å². The van der Waals surface area contributed by atoms with E-state index in [1.807, 2.05) is 11.3 Å². The number of hydrogen-bond acceptors (Lipinski definition) is 1. The highest BCUT2D eigenvalue weighted by molar-refractivity contribution is 9.09. The van der Waals surface area contributed by atoms with E-state index in [1.165, 1.54) is 21.7 Å². The van der Waals surface area contributed by atoms with Gasteiger partial charge in [0.25, 0.3) is 0 Å². The maximum absolute atomic E-state index is 3.79. The molecule has 2 heteroatoms. The summed E-state index contributed by atoms with van der Waals surface area (Å²) in [5, 5.41) is 0. The quantitative estimate of drug-likeness (QED) is 0.648. The van der Waals surface area contributed by atoms with Crippen molar-refractivity contribution < 1.29 is 0 Å². The molecule has 1 heterocycles. The third kappa shape index (κ3) is 3.39. The van der Waals surface area contributed by atoms with Crippen LogP contribution >= 0.6 is 27.3 Å². The Hall–Kier alpha value is 0.180. The SMILES string of the molecule is Cc1cc(C(Br)CC(C)(C)C)c(C)s1. The van der Waals surface area contributed by atoms with Crippen LogP contribution in [0.3, 0.4) is 0 Å². The minimum absolute atomic E-state index is 0.385. The van der Waals surface area contributed by atoms with E-state index in [2.05, 4.69) is 56.6 Å². The lowest BCUT2D eigenvalue weighted by atomic mass is 9.89. The number of halogens is 1. The monoisotopic (exact) mass is 274 g/mol. The molecule has 80 valence electrons. The van der Waals surface area contributed by atoms with Gasteiger partial charge in [0.15, 0.2) is 0 Å². The first-order valence-corrected chi connectivity index (χ1v) is 6.74. The van der Waals surface area contributed by atoms with E-state index in [0.29, 0.717) is 10.2 Å². The fourth-order valence-electron chi connectivity index (χ4n) is 1.61. The molecule has 1 aromatic heterocycles. The molecule has 1 unspecified atom stereocenters. The highest BCUT2D eigenvalue weighted by Crippen LogP contribution is 2.39. The summed E-state index contributed by atoms with van der Waals surface area (Å²) >= 11 is 5.69. The molecule has 0 spiro atoms. The zero-order chi connectivity index (χ0) is 10.9. The lowest BCUT2D eigenvalue weighted by molar-refractivity contribution is 0.377. The Morgan fingerprint density at radius 3 is 2.29 bits per heavy atom. The van der Waals surface area contributed by atoms with Gasteiger partial charge in [0, 0.05) is 14.6 Å². The van der Waals surface area contributed by atoms with Gasteiger partial charge in [-0.25, -0.2) is 0 Å². The molecule has 1 rings (SSSR count). The number of rotatable bonds is 2. The predicted molar refractivity (Wildman–Crippen MR) is 69.5 cm³/mol. The highest BCUT2D eigenvalue weighted by Gasteiger charge is 2.20. The standard InChI is InChI=1S/C12H19BrS/c1-8-6-10(9(2)14-8)11(13)7-12(3,4)5/h6,11H,7H2,1-5H3. The van der Waals surface area contributed by atoms with Crippen LogP contribution in [0.4, 0.5) is 0 Å². The van der Waals surface area contributed by atoms with Gasteiger partial charge in [0.2, 0.25) is 0 Å². The van der Waals surface area contributed by atoms with Crippen LogP contribution in [0.1, 0.15) is 47.3 Å². The van der Waals surface area contributed by atoms with Gasteiger partial charge in [0.05, 0.1) is 0 Å². The average molecular weight is 275 g/mol. The largest absolute Gasteiger partial charge is 0.146 e. The van der Waals surface area contributed by atoms with Crippen molar-refractivity contribution in [3.8, 4) is 0 Å². The smallest absolute Gasteiger partial charge is 0.0411 e. The Labute approximate surface area is 99.9 Å². The number of hydrogen-bond donors (Lipinski definition) is 0. The summed E-state index contributed by atoms with van der Waals surface area (Å²) in [4.78, 5) is 3.37. The molecule has 0 nitrogen and oxygen atoms in total. The Morgan fingerprint density at radius 2 is 1.93 bits per heavy atom. The van der Waals surface area contributed by atoms with Crippen molar-refractivity contribution in [2.45, 2.75) is 45.9 Å². The molecule has 0 saturated carbocycles. The summed E-state index contributed by atoms with van der Waals surface area (Å²) in [5.41, 5.74) is 1.86. The molecule has 0 aliphatic carbocycles. The third-order valence-electron chi connectivity index (χ3n) is 2.21. The number of aryl methyl sites for hydroxylation is 2. The first-order chi connectivity index (χ1) is 6.29. The second kappa shape index (κ2) is 4.36. The molecular weight excluding hydrogens is 256 g/mol. The molecule has 14 heavy (non-hydrogen) atoms. The lowest BCUT2D eigenvalue weighted by Gasteiger charge is -2.22. The molecule has 0 amide bonds. The van der Waals surface area contributed by atoms with E-state index in [4.69, 9.17) is 0 Å². The van der Waals surface area contributed by atoms with Crippen molar-refractivity contribution in [3.63, 3.8) is 0 Å². The molecular formula is C12H19BrS. The van der Waals surface area contributed by atoms with Gasteiger partial charge in [-0.05, 0) is 37.3 Å². The van der Waals surface area contributed by atoms with E-state index < -0.39 is 0 Å². The first-order valence-electron chi connectivity index (χ1n) is 5.00. The molecule has 0 N–H and O–H groups in total. The summed E-state index contributed by atoms with van der Waals surface area (Å²) in [6, 6.07) is 2.31. The summed E-state index contributed by atoms with van der Waals surface area (Å²) in [6.45, 7) is 11.3. The Bertz CT molecular complexity index is 307. The van der Waals surface area contributed by atoms with E-state index in [0.717, 1.165) is 0 Å². The van der Waals surface area contributed by atoms with Gasteiger partial charge < -0.3 is 0 Å². The number of thiophene rings is 1. The molecule has 1 aromatic rings. The molecule has 0 aliphatic heterocycles. The van der Waals surface area contributed by atoms with E-state index in [-0.39, 0.29) is 0 Å². The number of alkyl halides is 1. The third-order valence-corrected chi connectivity index (χ3v) is 4.01. The van der Waals surface area contributed by atoms with Crippen LogP contribution in [0.5, 0.6) is 0 Å². The molecule has 0 bridgehead atoms. The van der Waals surface area contributed by atoms with Gasteiger partial charge in [-0.3, -0.25) is 0 Å². The summed E-state index contributed by atoms with van der Waals surface area (Å²) in [7, 11) is 0. The Kier molecular flexibility index (Phi) is 3.81. The van der Waals surface area contributed by atoms with Crippen LogP contribution in [0, 0.1) is 19.3 Å². The van der Waals surface area contributed by atoms with Crippen LogP contribution in [-0.4, -0.2) is 0 Å². The average Bonchev–Trinajstić information content (AvgIpc) is 2.26. The summed E-state index contributed by atoms with van der Waals surface area (Å²) < 4.78 is 0. The zero-order valence-electron chi connectivity index (χ0n) is 9.65. The van der Waals surface area contributed by atoms with Crippen molar-refractivity contribution in [1.29, 1.82) is 0 Å². The molecule has 0 radical (unpaired) electrons. The van der Waals surface area contributed by atoms with Crippen LogP contribution < -0.4 is 0 Å². The van der Waals surface area contributed by atoms with Gasteiger partial charge in [0.1, 0.15) is 0 Å². The minimum Gasteiger partial charge on any atom is -0.146 e. The Balaban J connectivity index is 2.79. The summed E-state index contributed by atoms with van der Waals surface area (Å²) in [5.74, 6) is 0. The highest BCUT2D eigenvalue weighted by atomic mass is 79.9. The second-order valence-corrected chi connectivity index (χ2v) is 7.67. The van der Waals surface area contributed by atoms with Gasteiger partial charge in [-0.1, -0.05) is 36.7 Å². The minimum atomic E-state index is 0.385. The van der Waals surface area contributed by atoms with Crippen LogP contribution in [0.2, 0.25) is 0 Å². The van der Waals surface area contributed by atoms with E-state index >= 15 is 0 Å². The predicted octanol–water partition coefficient (Wildman–Crippen LogP) is 5.24. The van der Waals surface area contributed by atoms with Crippen molar-refractivity contribution in [3.05, 3.63) is 21.4 Å². The maximum Gasteiger partial charge on any atom is 0.0411 e. The van der Waals surface area contributed by atoms with E-state index in [1.54, 1.807) is 0 Å². The molecule has 0 aliphatic rings. The van der Waals surface area contributed by atoms with Gasteiger partial charge in [-0.15, -0.1) is 11.3 Å². The Morgan fingerprint density at radius 1 is 1.36 bits per heavy atom. The van der Waals surface area contributed by atoms with Gasteiger partial charge in [-0.2, -0.15) is 0 Å². The van der Waals surface area contributed by atoms with Crippen LogP contribution in [-0.2, 0) is 0 Å². The fourth-order valence-corrected chi connectivity index (χ4v) is 4.20. The normalized spacial score (nSPS) is 14.4. The molecule has 1 atom stereocenters. The molecule has 0 aromatic carbocycles. The van der Waals surface area contributed by atoms with Crippen molar-refractivity contribution in [2.75, 3.05) is 0 Å². The van der Waals surface area contributed by atoms with E-state index in [9.17, 15) is 0 Å². The topological polar surface area (TPSA) is 0 Å².